The zero-order valence-corrected chi connectivity index (χ0v) is 9.53. The Morgan fingerprint density at radius 1 is 1.28 bits per heavy atom. The molecule has 0 atom stereocenters. The Bertz CT molecular complexity index is 572. The number of carbonyl (C=O) groups is 1. The minimum Gasteiger partial charge on any atom is -0.481 e. The average molecular weight is 246 g/mol. The van der Waals surface area contributed by atoms with Crippen molar-refractivity contribution < 1.29 is 19.4 Å². The van der Waals surface area contributed by atoms with Crippen LogP contribution >= 0.6 is 0 Å². The Labute approximate surface area is 103 Å². The van der Waals surface area contributed by atoms with Crippen LogP contribution in [-0.4, -0.2) is 28.2 Å². The summed E-state index contributed by atoms with van der Waals surface area (Å²) in [5.41, 5.74) is -0.145. The monoisotopic (exact) mass is 246 g/mol. The van der Waals surface area contributed by atoms with E-state index in [4.69, 9.17) is 14.6 Å². The third-order valence-electron chi connectivity index (χ3n) is 2.12. The highest BCUT2D eigenvalue weighted by atomic mass is 16.5. The van der Waals surface area contributed by atoms with Gasteiger partial charge in [-0.25, -0.2) is 14.8 Å². The topological polar surface area (TPSA) is 81.5 Å². The van der Waals surface area contributed by atoms with E-state index >= 15 is 0 Å². The van der Waals surface area contributed by atoms with Crippen LogP contribution in [0.3, 0.4) is 0 Å². The molecule has 0 bridgehead atoms. The van der Waals surface area contributed by atoms with E-state index in [1.807, 2.05) is 0 Å². The fourth-order valence-electron chi connectivity index (χ4n) is 1.33. The van der Waals surface area contributed by atoms with Crippen LogP contribution in [-0.2, 0) is 0 Å². The Kier molecular flexibility index (Phi) is 3.38. The molecule has 0 aromatic carbocycles. The minimum absolute atomic E-state index is 0.145. The summed E-state index contributed by atoms with van der Waals surface area (Å²) in [4.78, 5) is 18.6. The lowest BCUT2D eigenvalue weighted by Gasteiger charge is -2.08. The molecule has 0 aliphatic heterocycles. The molecule has 92 valence electrons. The molecule has 0 aliphatic carbocycles. The first kappa shape index (κ1) is 11.8. The van der Waals surface area contributed by atoms with Crippen LogP contribution in [0.1, 0.15) is 10.5 Å². The van der Waals surface area contributed by atoms with Crippen LogP contribution in [0.2, 0.25) is 0 Å². The van der Waals surface area contributed by atoms with Gasteiger partial charge in [0.05, 0.1) is 7.11 Å². The zero-order chi connectivity index (χ0) is 13.0. The lowest BCUT2D eigenvalue weighted by molar-refractivity contribution is 0.0687. The van der Waals surface area contributed by atoms with E-state index < -0.39 is 5.97 Å². The number of aromatic carboxylic acids is 1. The fraction of sp³-hybridized carbons (Fsp3) is 0.0833. The van der Waals surface area contributed by atoms with E-state index in [2.05, 4.69) is 9.97 Å². The maximum absolute atomic E-state index is 11.0. The normalized spacial score (nSPS) is 9.83. The van der Waals surface area contributed by atoms with Crippen molar-refractivity contribution in [1.29, 1.82) is 0 Å². The van der Waals surface area contributed by atoms with Crippen molar-refractivity contribution in [3.8, 4) is 17.4 Å². The summed E-state index contributed by atoms with van der Waals surface area (Å²) in [5.74, 6) is -0.171. The molecule has 0 saturated carbocycles. The van der Waals surface area contributed by atoms with Crippen molar-refractivity contribution >= 4 is 5.97 Å². The van der Waals surface area contributed by atoms with Crippen molar-refractivity contribution in [1.82, 2.24) is 9.97 Å². The number of hydrogen-bond acceptors (Lipinski definition) is 5. The number of methoxy groups -OCH3 is 1. The summed E-state index contributed by atoms with van der Waals surface area (Å²) in [6, 6.07) is 6.28. The first-order valence-electron chi connectivity index (χ1n) is 5.07. The molecule has 6 heteroatoms. The van der Waals surface area contributed by atoms with Gasteiger partial charge in [0.25, 0.3) is 0 Å². The molecule has 6 nitrogen and oxygen atoms in total. The Balaban J connectivity index is 2.31. The highest BCUT2D eigenvalue weighted by Crippen LogP contribution is 2.25. The molecule has 2 heterocycles. The molecule has 0 saturated heterocycles. The van der Waals surface area contributed by atoms with Crippen molar-refractivity contribution in [2.24, 2.45) is 0 Å². The van der Waals surface area contributed by atoms with E-state index in [-0.39, 0.29) is 11.4 Å². The van der Waals surface area contributed by atoms with Crippen LogP contribution in [0.5, 0.6) is 17.4 Å². The van der Waals surface area contributed by atoms with Crippen molar-refractivity contribution in [2.45, 2.75) is 0 Å². The number of rotatable bonds is 4. The largest absolute Gasteiger partial charge is 0.481 e. The highest BCUT2D eigenvalue weighted by molar-refractivity contribution is 5.88. The molecular formula is C12H10N2O4. The first-order valence-corrected chi connectivity index (χ1v) is 5.07. The third-order valence-corrected chi connectivity index (χ3v) is 2.12. The number of aromatic nitrogens is 2. The maximum Gasteiger partial charge on any atom is 0.358 e. The number of hydrogen-bond donors (Lipinski definition) is 1. The number of nitrogens with zero attached hydrogens (tertiary/aromatic N) is 2. The standard InChI is InChI=1S/C12H10N2O4/c1-17-10-7-8(4-6-13-10)18-9-3-2-5-14-11(9)12(15)16/h2-7H,1H3,(H,15,16). The van der Waals surface area contributed by atoms with Gasteiger partial charge in [0.2, 0.25) is 5.88 Å². The Morgan fingerprint density at radius 3 is 2.83 bits per heavy atom. The number of carboxylic acids is 1. The first-order chi connectivity index (χ1) is 8.70. The Hall–Kier alpha value is -2.63. The summed E-state index contributed by atoms with van der Waals surface area (Å²) >= 11 is 0. The predicted molar refractivity (Wildman–Crippen MR) is 62.1 cm³/mol. The van der Waals surface area contributed by atoms with Crippen LogP contribution in [0.4, 0.5) is 0 Å². The van der Waals surface area contributed by atoms with Gasteiger partial charge in [0, 0.05) is 18.5 Å². The quantitative estimate of drug-likeness (QED) is 0.888. The van der Waals surface area contributed by atoms with Crippen LogP contribution in [0, 0.1) is 0 Å². The van der Waals surface area contributed by atoms with E-state index in [0.717, 1.165) is 0 Å². The summed E-state index contributed by atoms with van der Waals surface area (Å²) in [5, 5.41) is 8.96. The van der Waals surface area contributed by atoms with E-state index in [1.165, 1.54) is 25.6 Å². The van der Waals surface area contributed by atoms with Gasteiger partial charge in [-0.15, -0.1) is 0 Å². The molecule has 0 unspecified atom stereocenters. The van der Waals surface area contributed by atoms with Gasteiger partial charge in [0.1, 0.15) is 5.75 Å². The average Bonchev–Trinajstić information content (AvgIpc) is 2.39. The van der Waals surface area contributed by atoms with Gasteiger partial charge in [0.15, 0.2) is 11.4 Å². The second kappa shape index (κ2) is 5.13. The second-order valence-corrected chi connectivity index (χ2v) is 3.29. The lowest BCUT2D eigenvalue weighted by Crippen LogP contribution is -2.02. The van der Waals surface area contributed by atoms with Crippen LogP contribution in [0.25, 0.3) is 0 Å². The van der Waals surface area contributed by atoms with E-state index in [0.29, 0.717) is 11.6 Å². The van der Waals surface area contributed by atoms with Gasteiger partial charge in [-0.1, -0.05) is 0 Å². The zero-order valence-electron chi connectivity index (χ0n) is 9.53. The molecule has 18 heavy (non-hydrogen) atoms. The maximum atomic E-state index is 11.0. The van der Waals surface area contributed by atoms with Crippen molar-refractivity contribution in [3.05, 3.63) is 42.4 Å². The minimum atomic E-state index is -1.15. The molecule has 2 rings (SSSR count). The predicted octanol–water partition coefficient (Wildman–Crippen LogP) is 1.98. The summed E-state index contributed by atoms with van der Waals surface area (Å²) in [6.45, 7) is 0. The SMILES string of the molecule is COc1cc(Oc2cccnc2C(=O)O)ccn1. The van der Waals surface area contributed by atoms with Gasteiger partial charge in [-0.05, 0) is 18.2 Å². The summed E-state index contributed by atoms with van der Waals surface area (Å²) in [7, 11) is 1.48. The molecular weight excluding hydrogens is 236 g/mol. The third kappa shape index (κ3) is 2.54. The fourth-order valence-corrected chi connectivity index (χ4v) is 1.33. The summed E-state index contributed by atoms with van der Waals surface area (Å²) < 4.78 is 10.4. The van der Waals surface area contributed by atoms with E-state index in [9.17, 15) is 4.79 Å². The molecule has 0 aliphatic rings. The molecule has 0 amide bonds. The molecule has 0 fully saturated rings. The number of ether oxygens (including phenoxy) is 2. The second-order valence-electron chi connectivity index (χ2n) is 3.29. The molecule has 2 aromatic rings. The van der Waals surface area contributed by atoms with E-state index in [1.54, 1.807) is 18.2 Å². The van der Waals surface area contributed by atoms with Gasteiger partial charge in [-0.3, -0.25) is 0 Å². The number of carboxylic acid groups (broad SMARTS) is 1. The Morgan fingerprint density at radius 2 is 2.11 bits per heavy atom. The molecule has 2 aromatic heterocycles. The van der Waals surface area contributed by atoms with Crippen LogP contribution < -0.4 is 9.47 Å². The molecule has 0 radical (unpaired) electrons. The van der Waals surface area contributed by atoms with Gasteiger partial charge in [-0.2, -0.15) is 0 Å². The molecule has 0 spiro atoms. The van der Waals surface area contributed by atoms with Crippen LogP contribution in [0.15, 0.2) is 36.7 Å². The highest BCUT2D eigenvalue weighted by Gasteiger charge is 2.13. The van der Waals surface area contributed by atoms with Gasteiger partial charge < -0.3 is 14.6 Å². The smallest absolute Gasteiger partial charge is 0.358 e. The van der Waals surface area contributed by atoms with Crippen molar-refractivity contribution in [3.63, 3.8) is 0 Å². The summed E-state index contributed by atoms with van der Waals surface area (Å²) in [6.07, 6.45) is 2.90. The molecule has 1 N–H and O–H groups in total. The van der Waals surface area contributed by atoms with Crippen molar-refractivity contribution in [2.75, 3.05) is 7.11 Å². The van der Waals surface area contributed by atoms with Gasteiger partial charge >= 0.3 is 5.97 Å². The lowest BCUT2D eigenvalue weighted by atomic mass is 10.3. The number of pyridine rings is 2.